The third kappa shape index (κ3) is 1.99. The maximum Gasteiger partial charge on any atom is 0.116 e. The molecule has 11 heavy (non-hydrogen) atoms. The molecule has 0 aliphatic rings. The van der Waals surface area contributed by atoms with Gasteiger partial charge >= 0.3 is 0 Å². The summed E-state index contributed by atoms with van der Waals surface area (Å²) in [6, 6.07) is 0. The van der Waals surface area contributed by atoms with E-state index in [1.807, 2.05) is 6.92 Å². The Labute approximate surface area is 75.2 Å². The molecule has 0 aliphatic carbocycles. The van der Waals surface area contributed by atoms with Crippen LogP contribution in [0.15, 0.2) is 10.8 Å². The van der Waals surface area contributed by atoms with Gasteiger partial charge in [-0.05, 0) is 29.3 Å². The van der Waals surface area contributed by atoms with Crippen molar-refractivity contribution in [1.82, 2.24) is 9.97 Å². The van der Waals surface area contributed by atoms with E-state index in [9.17, 15) is 0 Å². The molecule has 0 N–H and O–H groups in total. The van der Waals surface area contributed by atoms with Crippen LogP contribution in [0, 0.1) is 6.92 Å². The van der Waals surface area contributed by atoms with Gasteiger partial charge in [0, 0.05) is 0 Å². The summed E-state index contributed by atoms with van der Waals surface area (Å²) in [5, 5.41) is 0. The van der Waals surface area contributed by atoms with Crippen LogP contribution in [-0.2, 0) is 6.42 Å². The minimum Gasteiger partial charge on any atom is -0.241 e. The SMILES string of the molecule is CCCc1ncnc(C)c1Br. The van der Waals surface area contributed by atoms with E-state index in [0.29, 0.717) is 0 Å². The van der Waals surface area contributed by atoms with Gasteiger partial charge < -0.3 is 0 Å². The highest BCUT2D eigenvalue weighted by atomic mass is 79.9. The van der Waals surface area contributed by atoms with Crippen molar-refractivity contribution in [2.45, 2.75) is 26.7 Å². The minimum atomic E-state index is 1.02. The number of aromatic nitrogens is 2. The third-order valence-electron chi connectivity index (χ3n) is 1.52. The molecule has 1 heterocycles. The first-order chi connectivity index (χ1) is 5.25. The molecule has 0 bridgehead atoms. The summed E-state index contributed by atoms with van der Waals surface area (Å²) >= 11 is 3.46. The van der Waals surface area contributed by atoms with Crippen LogP contribution < -0.4 is 0 Å². The number of hydrogen-bond acceptors (Lipinski definition) is 2. The van der Waals surface area contributed by atoms with Crippen LogP contribution in [0.25, 0.3) is 0 Å². The van der Waals surface area contributed by atoms with E-state index in [2.05, 4.69) is 32.8 Å². The van der Waals surface area contributed by atoms with Crippen molar-refractivity contribution in [2.75, 3.05) is 0 Å². The maximum absolute atomic E-state index is 4.17. The summed E-state index contributed by atoms with van der Waals surface area (Å²) in [5.41, 5.74) is 2.13. The van der Waals surface area contributed by atoms with Gasteiger partial charge in [-0.15, -0.1) is 0 Å². The first kappa shape index (κ1) is 8.65. The normalized spacial score (nSPS) is 10.1. The van der Waals surface area contributed by atoms with Gasteiger partial charge in [0.15, 0.2) is 0 Å². The van der Waals surface area contributed by atoms with E-state index in [1.165, 1.54) is 0 Å². The first-order valence-corrected chi connectivity index (χ1v) is 4.51. The van der Waals surface area contributed by atoms with Crippen molar-refractivity contribution in [1.29, 1.82) is 0 Å². The molecule has 2 nitrogen and oxygen atoms in total. The minimum absolute atomic E-state index is 1.02. The molecule has 0 amide bonds. The quantitative estimate of drug-likeness (QED) is 0.757. The molecule has 0 fully saturated rings. The summed E-state index contributed by atoms with van der Waals surface area (Å²) in [7, 11) is 0. The Morgan fingerprint density at radius 2 is 2.18 bits per heavy atom. The number of halogens is 1. The molecule has 60 valence electrons. The molecule has 0 saturated carbocycles. The van der Waals surface area contributed by atoms with Crippen LogP contribution in [0.4, 0.5) is 0 Å². The van der Waals surface area contributed by atoms with Crippen LogP contribution in [0.5, 0.6) is 0 Å². The van der Waals surface area contributed by atoms with Crippen molar-refractivity contribution in [3.8, 4) is 0 Å². The van der Waals surface area contributed by atoms with E-state index in [0.717, 1.165) is 28.7 Å². The summed E-state index contributed by atoms with van der Waals surface area (Å²) in [6.45, 7) is 4.12. The van der Waals surface area contributed by atoms with Gasteiger partial charge in [-0.3, -0.25) is 0 Å². The molecular weight excluding hydrogens is 204 g/mol. The Morgan fingerprint density at radius 3 is 2.82 bits per heavy atom. The van der Waals surface area contributed by atoms with Gasteiger partial charge in [0.05, 0.1) is 15.9 Å². The summed E-state index contributed by atoms with van der Waals surface area (Å²) in [6.07, 6.45) is 3.75. The van der Waals surface area contributed by atoms with Crippen LogP contribution in [-0.4, -0.2) is 9.97 Å². The largest absolute Gasteiger partial charge is 0.241 e. The van der Waals surface area contributed by atoms with Gasteiger partial charge in [-0.2, -0.15) is 0 Å². The zero-order chi connectivity index (χ0) is 8.27. The number of hydrogen-bond donors (Lipinski definition) is 0. The van der Waals surface area contributed by atoms with E-state index in [4.69, 9.17) is 0 Å². The second kappa shape index (κ2) is 3.81. The molecule has 1 rings (SSSR count). The summed E-state index contributed by atoms with van der Waals surface area (Å²) < 4.78 is 1.06. The van der Waals surface area contributed by atoms with Crippen molar-refractivity contribution in [3.05, 3.63) is 22.2 Å². The fourth-order valence-electron chi connectivity index (χ4n) is 0.918. The van der Waals surface area contributed by atoms with Gasteiger partial charge in [0.25, 0.3) is 0 Å². The molecule has 0 unspecified atom stereocenters. The van der Waals surface area contributed by atoms with E-state index in [-0.39, 0.29) is 0 Å². The molecule has 0 spiro atoms. The van der Waals surface area contributed by atoms with Crippen molar-refractivity contribution < 1.29 is 0 Å². The fourth-order valence-corrected chi connectivity index (χ4v) is 1.32. The standard InChI is InChI=1S/C8H11BrN2/c1-3-4-7-8(9)6(2)10-5-11-7/h5H,3-4H2,1-2H3. The lowest BCUT2D eigenvalue weighted by molar-refractivity contribution is 0.857. The molecule has 0 aliphatic heterocycles. The number of nitrogens with zero attached hydrogens (tertiary/aromatic N) is 2. The van der Waals surface area contributed by atoms with Gasteiger partial charge in [-0.1, -0.05) is 13.3 Å². The van der Waals surface area contributed by atoms with E-state index in [1.54, 1.807) is 6.33 Å². The third-order valence-corrected chi connectivity index (χ3v) is 2.55. The average Bonchev–Trinajstić information content (AvgIpc) is 1.99. The number of aryl methyl sites for hydroxylation is 2. The van der Waals surface area contributed by atoms with Crippen molar-refractivity contribution in [2.24, 2.45) is 0 Å². The maximum atomic E-state index is 4.17. The lowest BCUT2D eigenvalue weighted by Gasteiger charge is -2.02. The second-order valence-electron chi connectivity index (χ2n) is 2.47. The second-order valence-corrected chi connectivity index (χ2v) is 3.26. The summed E-state index contributed by atoms with van der Waals surface area (Å²) in [4.78, 5) is 8.23. The lowest BCUT2D eigenvalue weighted by Crippen LogP contribution is -1.94. The Hall–Kier alpha value is -0.440. The van der Waals surface area contributed by atoms with Crippen LogP contribution in [0.1, 0.15) is 24.7 Å². The molecule has 3 heteroatoms. The highest BCUT2D eigenvalue weighted by Crippen LogP contribution is 2.17. The lowest BCUT2D eigenvalue weighted by atomic mass is 10.2. The zero-order valence-electron chi connectivity index (χ0n) is 6.76. The molecule has 0 saturated heterocycles. The zero-order valence-corrected chi connectivity index (χ0v) is 8.35. The van der Waals surface area contributed by atoms with Crippen molar-refractivity contribution in [3.63, 3.8) is 0 Å². The van der Waals surface area contributed by atoms with Gasteiger partial charge in [0.1, 0.15) is 6.33 Å². The Balaban J connectivity index is 2.96. The Kier molecular flexibility index (Phi) is 3.00. The molecule has 0 radical (unpaired) electrons. The predicted octanol–water partition coefficient (Wildman–Crippen LogP) is 2.50. The number of rotatable bonds is 2. The highest BCUT2D eigenvalue weighted by molar-refractivity contribution is 9.10. The van der Waals surface area contributed by atoms with E-state index < -0.39 is 0 Å². The van der Waals surface area contributed by atoms with Gasteiger partial charge in [0.2, 0.25) is 0 Å². The van der Waals surface area contributed by atoms with E-state index >= 15 is 0 Å². The molecule has 1 aromatic heterocycles. The average molecular weight is 215 g/mol. The first-order valence-electron chi connectivity index (χ1n) is 3.71. The monoisotopic (exact) mass is 214 g/mol. The predicted molar refractivity (Wildman–Crippen MR) is 48.5 cm³/mol. The summed E-state index contributed by atoms with van der Waals surface area (Å²) in [5.74, 6) is 0. The molecule has 1 aromatic rings. The molecule has 0 atom stereocenters. The Morgan fingerprint density at radius 1 is 1.45 bits per heavy atom. The topological polar surface area (TPSA) is 25.8 Å². The van der Waals surface area contributed by atoms with Crippen LogP contribution in [0.3, 0.4) is 0 Å². The van der Waals surface area contributed by atoms with Crippen LogP contribution >= 0.6 is 15.9 Å². The van der Waals surface area contributed by atoms with Gasteiger partial charge in [-0.25, -0.2) is 9.97 Å². The van der Waals surface area contributed by atoms with Crippen molar-refractivity contribution >= 4 is 15.9 Å². The Bertz CT molecular complexity index is 248. The highest BCUT2D eigenvalue weighted by Gasteiger charge is 2.02. The van der Waals surface area contributed by atoms with Crippen LogP contribution in [0.2, 0.25) is 0 Å². The molecule has 0 aromatic carbocycles. The fraction of sp³-hybridized carbons (Fsp3) is 0.500. The molecular formula is C8H11BrN2. The smallest absolute Gasteiger partial charge is 0.116 e.